The van der Waals surface area contributed by atoms with Crippen LogP contribution in [0.1, 0.15) is 24.0 Å². The third kappa shape index (κ3) is 1.36. The largest absolute Gasteiger partial charge is 0.495 e. The summed E-state index contributed by atoms with van der Waals surface area (Å²) in [7, 11) is 1.68. The van der Waals surface area contributed by atoms with Gasteiger partial charge >= 0.3 is 0 Å². The van der Waals surface area contributed by atoms with Gasteiger partial charge in [-0.3, -0.25) is 0 Å². The third-order valence-corrected chi connectivity index (χ3v) is 4.36. The van der Waals surface area contributed by atoms with Crippen LogP contribution in [-0.4, -0.2) is 20.2 Å². The zero-order valence-electron chi connectivity index (χ0n) is 9.48. The molecule has 1 N–H and O–H groups in total. The van der Waals surface area contributed by atoms with Crippen molar-refractivity contribution in [2.24, 2.45) is 0 Å². The fraction of sp³-hybridized carbons (Fsp3) is 0.538. The van der Waals surface area contributed by atoms with Crippen molar-refractivity contribution in [3.05, 3.63) is 28.3 Å². The van der Waals surface area contributed by atoms with E-state index in [1.165, 1.54) is 24.0 Å². The molecular weight excluding hydrogens is 222 g/mol. The van der Waals surface area contributed by atoms with Crippen LogP contribution in [0.25, 0.3) is 0 Å². The maximum absolute atomic E-state index is 6.16. The standard InChI is InChI=1S/C13H16ClNO/c1-16-12-7-10-9(6-11(12)14)2-3-13(10)4-5-15-8-13/h6-7,15H,2-5,8H2,1H3/t13-/m0/s1. The van der Waals surface area contributed by atoms with E-state index in [-0.39, 0.29) is 0 Å². The number of benzene rings is 1. The normalized spacial score (nSPS) is 27.4. The first kappa shape index (κ1) is 10.4. The molecule has 0 radical (unpaired) electrons. The van der Waals surface area contributed by atoms with Gasteiger partial charge in [-0.1, -0.05) is 11.6 Å². The van der Waals surface area contributed by atoms with Gasteiger partial charge in [-0.2, -0.15) is 0 Å². The summed E-state index contributed by atoms with van der Waals surface area (Å²) in [5, 5.41) is 4.21. The topological polar surface area (TPSA) is 21.3 Å². The van der Waals surface area contributed by atoms with Gasteiger partial charge < -0.3 is 10.1 Å². The summed E-state index contributed by atoms with van der Waals surface area (Å²) in [5.74, 6) is 0.814. The lowest BCUT2D eigenvalue weighted by Gasteiger charge is -2.23. The van der Waals surface area contributed by atoms with Crippen LogP contribution in [-0.2, 0) is 11.8 Å². The Kier molecular flexibility index (Phi) is 2.37. The Morgan fingerprint density at radius 1 is 1.38 bits per heavy atom. The SMILES string of the molecule is COc1cc2c(cc1Cl)CC[C@@]21CCNC1. The Balaban J connectivity index is 2.11. The average Bonchev–Trinajstić information content (AvgIpc) is 2.88. The molecular formula is C13H16ClNO. The quantitative estimate of drug-likeness (QED) is 0.811. The van der Waals surface area contributed by atoms with Crippen molar-refractivity contribution in [1.29, 1.82) is 0 Å². The highest BCUT2D eigenvalue weighted by molar-refractivity contribution is 6.32. The average molecular weight is 238 g/mol. The fourth-order valence-corrected chi connectivity index (χ4v) is 3.41. The van der Waals surface area contributed by atoms with Crippen LogP contribution in [0, 0.1) is 0 Å². The highest BCUT2D eigenvalue weighted by atomic mass is 35.5. The van der Waals surface area contributed by atoms with Crippen LogP contribution >= 0.6 is 11.6 Å². The second kappa shape index (κ2) is 3.64. The van der Waals surface area contributed by atoms with Crippen molar-refractivity contribution in [2.75, 3.05) is 20.2 Å². The molecule has 1 aliphatic heterocycles. The van der Waals surface area contributed by atoms with E-state index in [9.17, 15) is 0 Å². The monoisotopic (exact) mass is 237 g/mol. The second-order valence-electron chi connectivity index (χ2n) is 4.85. The smallest absolute Gasteiger partial charge is 0.137 e. The minimum atomic E-state index is 0.354. The summed E-state index contributed by atoms with van der Waals surface area (Å²) in [6.45, 7) is 2.23. The van der Waals surface area contributed by atoms with Gasteiger partial charge in [0.2, 0.25) is 0 Å². The number of methoxy groups -OCH3 is 1. The number of rotatable bonds is 1. The lowest BCUT2D eigenvalue weighted by atomic mass is 9.81. The van der Waals surface area contributed by atoms with Crippen LogP contribution < -0.4 is 10.1 Å². The number of nitrogens with one attached hydrogen (secondary N) is 1. The van der Waals surface area contributed by atoms with E-state index < -0.39 is 0 Å². The van der Waals surface area contributed by atoms with Crippen molar-refractivity contribution in [3.63, 3.8) is 0 Å². The molecule has 1 aromatic rings. The zero-order chi connectivity index (χ0) is 11.2. The van der Waals surface area contributed by atoms with Gasteiger partial charge in [-0.05, 0) is 49.1 Å². The maximum atomic E-state index is 6.16. The van der Waals surface area contributed by atoms with Gasteiger partial charge in [0.05, 0.1) is 12.1 Å². The van der Waals surface area contributed by atoms with Crippen molar-refractivity contribution in [2.45, 2.75) is 24.7 Å². The lowest BCUT2D eigenvalue weighted by molar-refractivity contribution is 0.411. The van der Waals surface area contributed by atoms with Crippen LogP contribution in [0.3, 0.4) is 0 Å². The molecule has 86 valence electrons. The summed E-state index contributed by atoms with van der Waals surface area (Å²) < 4.78 is 5.32. The summed E-state index contributed by atoms with van der Waals surface area (Å²) in [6, 6.07) is 4.24. The summed E-state index contributed by atoms with van der Waals surface area (Å²) in [5.41, 5.74) is 3.22. The second-order valence-corrected chi connectivity index (χ2v) is 5.26. The summed E-state index contributed by atoms with van der Waals surface area (Å²) >= 11 is 6.16. The van der Waals surface area contributed by atoms with E-state index in [1.807, 2.05) is 0 Å². The molecule has 1 heterocycles. The molecule has 0 amide bonds. The van der Waals surface area contributed by atoms with Crippen molar-refractivity contribution in [3.8, 4) is 5.75 Å². The Labute approximate surface area is 101 Å². The van der Waals surface area contributed by atoms with Crippen molar-refractivity contribution < 1.29 is 4.74 Å². The molecule has 1 saturated heterocycles. The Morgan fingerprint density at radius 2 is 2.25 bits per heavy atom. The first-order valence-electron chi connectivity index (χ1n) is 5.83. The molecule has 3 heteroatoms. The highest BCUT2D eigenvalue weighted by Gasteiger charge is 2.41. The van der Waals surface area contributed by atoms with Gasteiger partial charge in [0.25, 0.3) is 0 Å². The lowest BCUT2D eigenvalue weighted by Crippen LogP contribution is -2.25. The molecule has 3 rings (SSSR count). The molecule has 0 saturated carbocycles. The summed E-state index contributed by atoms with van der Waals surface area (Å²) in [6.07, 6.45) is 3.64. The van der Waals surface area contributed by atoms with E-state index in [0.29, 0.717) is 5.41 Å². The molecule has 1 aliphatic carbocycles. The van der Waals surface area contributed by atoms with E-state index in [2.05, 4.69) is 17.4 Å². The molecule has 0 bridgehead atoms. The highest BCUT2D eigenvalue weighted by Crippen LogP contribution is 2.46. The molecule has 16 heavy (non-hydrogen) atoms. The minimum absolute atomic E-state index is 0.354. The molecule has 0 unspecified atom stereocenters. The van der Waals surface area contributed by atoms with Gasteiger partial charge in [0, 0.05) is 12.0 Å². The predicted molar refractivity (Wildman–Crippen MR) is 65.5 cm³/mol. The van der Waals surface area contributed by atoms with E-state index in [1.54, 1.807) is 7.11 Å². The molecule has 1 fully saturated rings. The van der Waals surface area contributed by atoms with Gasteiger partial charge in [0.1, 0.15) is 5.75 Å². The van der Waals surface area contributed by atoms with Crippen LogP contribution in [0.15, 0.2) is 12.1 Å². The number of ether oxygens (including phenoxy) is 1. The molecule has 0 aromatic heterocycles. The minimum Gasteiger partial charge on any atom is -0.495 e. The Morgan fingerprint density at radius 3 is 2.94 bits per heavy atom. The van der Waals surface area contributed by atoms with Gasteiger partial charge in [0.15, 0.2) is 0 Å². The van der Waals surface area contributed by atoms with E-state index in [4.69, 9.17) is 16.3 Å². The first-order chi connectivity index (χ1) is 7.75. The van der Waals surface area contributed by atoms with Gasteiger partial charge in [-0.15, -0.1) is 0 Å². The van der Waals surface area contributed by atoms with Crippen LogP contribution in [0.4, 0.5) is 0 Å². The molecule has 1 aromatic carbocycles. The number of hydrogen-bond acceptors (Lipinski definition) is 2. The predicted octanol–water partition coefficient (Wildman–Crippen LogP) is 2.53. The Hall–Kier alpha value is -0.730. The van der Waals surface area contributed by atoms with Crippen molar-refractivity contribution in [1.82, 2.24) is 5.32 Å². The maximum Gasteiger partial charge on any atom is 0.137 e. The van der Waals surface area contributed by atoms with Gasteiger partial charge in [-0.25, -0.2) is 0 Å². The molecule has 2 nitrogen and oxygen atoms in total. The van der Waals surface area contributed by atoms with Crippen LogP contribution in [0.5, 0.6) is 5.75 Å². The fourth-order valence-electron chi connectivity index (χ4n) is 3.15. The molecule has 2 aliphatic rings. The third-order valence-electron chi connectivity index (χ3n) is 4.07. The van der Waals surface area contributed by atoms with E-state index in [0.717, 1.165) is 30.3 Å². The first-order valence-corrected chi connectivity index (χ1v) is 6.21. The number of aryl methyl sites for hydroxylation is 1. The van der Waals surface area contributed by atoms with Crippen LogP contribution in [0.2, 0.25) is 5.02 Å². The van der Waals surface area contributed by atoms with E-state index >= 15 is 0 Å². The zero-order valence-corrected chi connectivity index (χ0v) is 10.2. The van der Waals surface area contributed by atoms with Crippen molar-refractivity contribution >= 4 is 11.6 Å². The molecule has 1 atom stereocenters. The Bertz CT molecular complexity index is 424. The number of hydrogen-bond donors (Lipinski definition) is 1. The molecule has 1 spiro atoms. The number of halogens is 1. The number of fused-ring (bicyclic) bond motifs is 2. The summed E-state index contributed by atoms with van der Waals surface area (Å²) in [4.78, 5) is 0.